The molecule has 1 aliphatic rings. The van der Waals surface area contributed by atoms with Gasteiger partial charge in [0.05, 0.1) is 16.8 Å². The highest BCUT2D eigenvalue weighted by Crippen LogP contribution is 2.28. The highest BCUT2D eigenvalue weighted by Gasteiger charge is 2.30. The van der Waals surface area contributed by atoms with Crippen LogP contribution in [0.1, 0.15) is 18.6 Å². The maximum Gasteiger partial charge on any atom is 0.186 e. The van der Waals surface area contributed by atoms with Gasteiger partial charge in [0.1, 0.15) is 11.9 Å². The van der Waals surface area contributed by atoms with Crippen LogP contribution in [0, 0.1) is 11.6 Å². The predicted molar refractivity (Wildman–Crippen MR) is 114 cm³/mol. The highest BCUT2D eigenvalue weighted by molar-refractivity contribution is 7.22. The third kappa shape index (κ3) is 4.60. The van der Waals surface area contributed by atoms with Gasteiger partial charge in [-0.15, -0.1) is 0 Å². The molecule has 0 amide bonds. The van der Waals surface area contributed by atoms with Crippen LogP contribution in [0.5, 0.6) is 0 Å². The fourth-order valence-corrected chi connectivity index (χ4v) is 4.51. The van der Waals surface area contributed by atoms with E-state index in [9.17, 15) is 19.0 Å². The molecular formula is C20H23F2N5O3S. The smallest absolute Gasteiger partial charge is 0.186 e. The lowest BCUT2D eigenvalue weighted by atomic mass is 10.1. The van der Waals surface area contributed by atoms with Gasteiger partial charge in [-0.3, -0.25) is 4.90 Å². The second kappa shape index (κ2) is 8.97. The quantitative estimate of drug-likeness (QED) is 0.421. The minimum atomic E-state index is -1.17. The molecule has 2 aromatic heterocycles. The average Bonchev–Trinajstić information content (AvgIpc) is 3.14. The molecule has 0 bridgehead atoms. The van der Waals surface area contributed by atoms with Gasteiger partial charge in [0, 0.05) is 43.5 Å². The number of aromatic nitrogens is 2. The van der Waals surface area contributed by atoms with Crippen molar-refractivity contribution in [2.24, 2.45) is 0 Å². The van der Waals surface area contributed by atoms with Gasteiger partial charge in [0.2, 0.25) is 0 Å². The molecule has 31 heavy (non-hydrogen) atoms. The fourth-order valence-electron chi connectivity index (χ4n) is 3.65. The molecule has 1 aliphatic heterocycles. The maximum atomic E-state index is 14.5. The van der Waals surface area contributed by atoms with E-state index in [4.69, 9.17) is 5.11 Å². The van der Waals surface area contributed by atoms with Crippen LogP contribution < -0.4 is 10.2 Å². The number of rotatable bonds is 6. The number of hydrogen-bond donors (Lipinski definition) is 4. The van der Waals surface area contributed by atoms with Crippen molar-refractivity contribution >= 4 is 32.5 Å². The van der Waals surface area contributed by atoms with Crippen molar-refractivity contribution in [1.82, 2.24) is 14.9 Å². The fraction of sp³-hybridized carbons (Fsp3) is 0.400. The Bertz CT molecular complexity index is 1070. The summed E-state index contributed by atoms with van der Waals surface area (Å²) in [5, 5.41) is 32.7. The van der Waals surface area contributed by atoms with E-state index in [-0.39, 0.29) is 23.2 Å². The summed E-state index contributed by atoms with van der Waals surface area (Å²) >= 11 is 1.32. The Morgan fingerprint density at radius 1 is 1.26 bits per heavy atom. The van der Waals surface area contributed by atoms with E-state index in [0.29, 0.717) is 30.3 Å². The number of halogens is 2. The SMILES string of the molecule is C[C@H]1CN(c2ncc([C@@H](O)CO)cc2F)CCN1C(O)Nc1nc2cc(F)ccc2s1. The van der Waals surface area contributed by atoms with Gasteiger partial charge < -0.3 is 25.5 Å². The van der Waals surface area contributed by atoms with Crippen molar-refractivity contribution in [3.05, 3.63) is 47.7 Å². The molecule has 0 radical (unpaired) electrons. The number of nitrogens with one attached hydrogen (secondary N) is 1. The number of benzene rings is 1. The molecule has 1 fully saturated rings. The second-order valence-electron chi connectivity index (χ2n) is 7.45. The van der Waals surface area contributed by atoms with Gasteiger partial charge in [-0.1, -0.05) is 11.3 Å². The second-order valence-corrected chi connectivity index (χ2v) is 8.49. The molecule has 4 rings (SSSR count). The van der Waals surface area contributed by atoms with Crippen LogP contribution in [0.15, 0.2) is 30.5 Å². The Labute approximate surface area is 181 Å². The topological polar surface area (TPSA) is 105 Å². The molecule has 4 N–H and O–H groups in total. The summed E-state index contributed by atoms with van der Waals surface area (Å²) in [4.78, 5) is 12.0. The van der Waals surface area contributed by atoms with Crippen molar-refractivity contribution in [3.63, 3.8) is 0 Å². The molecule has 0 spiro atoms. The van der Waals surface area contributed by atoms with Gasteiger partial charge in [-0.25, -0.2) is 18.7 Å². The number of fused-ring (bicyclic) bond motifs is 1. The third-order valence-electron chi connectivity index (χ3n) is 5.30. The molecule has 3 heterocycles. The van der Waals surface area contributed by atoms with E-state index >= 15 is 0 Å². The summed E-state index contributed by atoms with van der Waals surface area (Å²) in [5.41, 5.74) is 0.736. The normalized spacial score (nSPS) is 19.5. The molecule has 0 aliphatic carbocycles. The molecule has 0 saturated carbocycles. The lowest BCUT2D eigenvalue weighted by Gasteiger charge is -2.42. The van der Waals surface area contributed by atoms with Crippen LogP contribution in [0.25, 0.3) is 10.2 Å². The van der Waals surface area contributed by atoms with Gasteiger partial charge >= 0.3 is 0 Å². The van der Waals surface area contributed by atoms with Crippen molar-refractivity contribution in [2.75, 3.05) is 36.5 Å². The van der Waals surface area contributed by atoms with Crippen molar-refractivity contribution in [2.45, 2.75) is 25.4 Å². The van der Waals surface area contributed by atoms with Gasteiger partial charge in [0.25, 0.3) is 0 Å². The number of nitrogens with zero attached hydrogens (tertiary/aromatic N) is 4. The Hall–Kier alpha value is -2.44. The Morgan fingerprint density at radius 2 is 2.06 bits per heavy atom. The van der Waals surface area contributed by atoms with E-state index in [1.54, 1.807) is 11.0 Å². The molecule has 8 nitrogen and oxygen atoms in total. The van der Waals surface area contributed by atoms with Crippen molar-refractivity contribution in [3.8, 4) is 0 Å². The number of aliphatic hydroxyl groups excluding tert-OH is 3. The summed E-state index contributed by atoms with van der Waals surface area (Å²) in [6.45, 7) is 2.70. The predicted octanol–water partition coefficient (Wildman–Crippen LogP) is 1.89. The molecule has 11 heteroatoms. The zero-order valence-corrected chi connectivity index (χ0v) is 17.6. The molecule has 166 valence electrons. The third-order valence-corrected chi connectivity index (χ3v) is 6.26. The van der Waals surface area contributed by atoms with E-state index in [2.05, 4.69) is 15.3 Å². The number of anilines is 2. The van der Waals surface area contributed by atoms with Crippen LogP contribution in [0.3, 0.4) is 0 Å². The molecule has 1 saturated heterocycles. The molecule has 1 aromatic carbocycles. The first kappa shape index (κ1) is 21.8. The van der Waals surface area contributed by atoms with E-state index in [0.717, 1.165) is 4.70 Å². The van der Waals surface area contributed by atoms with Gasteiger partial charge in [-0.05, 0) is 25.1 Å². The van der Waals surface area contributed by atoms with E-state index in [1.165, 1.54) is 35.7 Å². The van der Waals surface area contributed by atoms with Gasteiger partial charge in [0.15, 0.2) is 23.1 Å². The molecule has 3 aromatic rings. The minimum absolute atomic E-state index is 0.132. The number of thiazole rings is 1. The van der Waals surface area contributed by atoms with Crippen molar-refractivity contribution in [1.29, 1.82) is 0 Å². The Morgan fingerprint density at radius 3 is 2.77 bits per heavy atom. The number of hydrogen-bond acceptors (Lipinski definition) is 9. The van der Waals surface area contributed by atoms with E-state index in [1.807, 2.05) is 11.8 Å². The summed E-state index contributed by atoms with van der Waals surface area (Å²) in [7, 11) is 0. The average molecular weight is 451 g/mol. The van der Waals surface area contributed by atoms with Crippen LogP contribution in [-0.4, -0.2) is 68.8 Å². The first-order valence-corrected chi connectivity index (χ1v) is 10.6. The lowest BCUT2D eigenvalue weighted by molar-refractivity contribution is -0.00547. The number of pyridine rings is 1. The first-order chi connectivity index (χ1) is 14.9. The van der Waals surface area contributed by atoms with Crippen LogP contribution in [0.2, 0.25) is 0 Å². The first-order valence-electron chi connectivity index (χ1n) is 9.81. The Balaban J connectivity index is 1.41. The highest BCUT2D eigenvalue weighted by atomic mass is 32.1. The molecule has 1 unspecified atom stereocenters. The van der Waals surface area contributed by atoms with Crippen LogP contribution in [0.4, 0.5) is 19.7 Å². The standard InChI is InChI=1S/C20H23F2N5O3S/c1-11-9-26(18-14(22)6-12(8-23-18)16(29)10-28)4-5-27(11)20(30)25-19-24-15-7-13(21)2-3-17(15)31-19/h2-3,6-8,11,16,20,28-30H,4-5,9-10H2,1H3,(H,24,25)/t11-,16-,20?/m0/s1. The minimum Gasteiger partial charge on any atom is -0.393 e. The summed E-state index contributed by atoms with van der Waals surface area (Å²) in [6, 6.07) is 5.40. The van der Waals surface area contributed by atoms with Crippen LogP contribution in [-0.2, 0) is 0 Å². The maximum absolute atomic E-state index is 14.5. The Kier molecular flexibility index (Phi) is 6.30. The monoisotopic (exact) mass is 451 g/mol. The zero-order chi connectivity index (χ0) is 22.1. The van der Waals surface area contributed by atoms with Gasteiger partial charge in [-0.2, -0.15) is 0 Å². The van der Waals surface area contributed by atoms with E-state index < -0.39 is 24.9 Å². The summed E-state index contributed by atoms with van der Waals surface area (Å²) < 4.78 is 28.7. The molecular weight excluding hydrogens is 428 g/mol. The van der Waals surface area contributed by atoms with Crippen molar-refractivity contribution < 1.29 is 24.1 Å². The number of piperazine rings is 1. The molecule has 3 atom stereocenters. The zero-order valence-electron chi connectivity index (χ0n) is 16.7. The summed E-state index contributed by atoms with van der Waals surface area (Å²) in [6.07, 6.45) is -0.836. The summed E-state index contributed by atoms with van der Waals surface area (Å²) in [5.74, 6) is -0.781. The number of aliphatic hydroxyl groups is 3. The van der Waals surface area contributed by atoms with Crippen LogP contribution >= 0.6 is 11.3 Å². The lowest BCUT2D eigenvalue weighted by Crippen LogP contribution is -2.57. The largest absolute Gasteiger partial charge is 0.393 e.